The third kappa shape index (κ3) is 3.19. The maximum absolute atomic E-state index is 12.3. The highest BCUT2D eigenvalue weighted by Crippen LogP contribution is 2.29. The fraction of sp³-hybridized carbons (Fsp3) is 0.250. The van der Waals surface area contributed by atoms with Gasteiger partial charge in [0.25, 0.3) is 11.7 Å². The first-order valence-corrected chi connectivity index (χ1v) is 7.17. The van der Waals surface area contributed by atoms with Gasteiger partial charge in [0.1, 0.15) is 5.76 Å². The number of amides is 2. The number of ether oxygens (including phenoxy) is 1. The molecule has 2 N–H and O–H groups in total. The van der Waals surface area contributed by atoms with Crippen LogP contribution in [0.15, 0.2) is 53.1 Å². The van der Waals surface area contributed by atoms with E-state index in [0.717, 1.165) is 0 Å². The average molecular weight is 316 g/mol. The quantitative estimate of drug-likeness (QED) is 0.837. The molecule has 0 radical (unpaired) electrons. The van der Waals surface area contributed by atoms with Crippen LogP contribution >= 0.6 is 0 Å². The summed E-state index contributed by atoms with van der Waals surface area (Å²) in [5.41, 5.74) is 0.646. The monoisotopic (exact) mass is 316 g/mol. The van der Waals surface area contributed by atoms with Crippen molar-refractivity contribution < 1.29 is 23.8 Å². The summed E-state index contributed by atoms with van der Waals surface area (Å²) in [6, 6.07) is 12.3. The Morgan fingerprint density at radius 3 is 2.78 bits per heavy atom. The van der Waals surface area contributed by atoms with E-state index in [1.807, 2.05) is 6.07 Å². The molecule has 1 fully saturated rings. The van der Waals surface area contributed by atoms with Crippen LogP contribution in [0, 0.1) is 0 Å². The number of aliphatic hydroxyl groups is 1. The van der Waals surface area contributed by atoms with E-state index < -0.39 is 17.8 Å². The van der Waals surface area contributed by atoms with Crippen molar-refractivity contribution in [1.29, 1.82) is 0 Å². The lowest BCUT2D eigenvalue weighted by molar-refractivity contribution is -0.175. The Hall–Kier alpha value is -2.80. The Labute approximate surface area is 132 Å². The van der Waals surface area contributed by atoms with Gasteiger partial charge in [-0.25, -0.2) is 4.79 Å². The minimum Gasteiger partial charge on any atom is -0.467 e. The lowest BCUT2D eigenvalue weighted by Gasteiger charge is -2.22. The van der Waals surface area contributed by atoms with Crippen molar-refractivity contribution in [3.63, 3.8) is 0 Å². The fourth-order valence-corrected chi connectivity index (χ4v) is 2.39. The summed E-state index contributed by atoms with van der Waals surface area (Å²) in [4.78, 5) is 25.5. The second-order valence-electron chi connectivity index (χ2n) is 5.15. The van der Waals surface area contributed by atoms with E-state index >= 15 is 0 Å². The van der Waals surface area contributed by atoms with Gasteiger partial charge in [-0.15, -0.1) is 0 Å². The summed E-state index contributed by atoms with van der Waals surface area (Å²) in [7, 11) is 0. The number of para-hydroxylation sites is 1. The first-order valence-electron chi connectivity index (χ1n) is 7.17. The number of carbonyl (C=O) groups excluding carboxylic acids is 2. The zero-order chi connectivity index (χ0) is 16.3. The minimum atomic E-state index is -2.15. The SMILES string of the molecule is O=C(NCc1ccco1)O[C@@]1(O)CCN(c2ccccc2)C1=O. The summed E-state index contributed by atoms with van der Waals surface area (Å²) in [6.07, 6.45) is 0.607. The molecule has 0 bridgehead atoms. The molecule has 0 unspecified atom stereocenters. The molecule has 3 rings (SSSR count). The molecule has 120 valence electrons. The summed E-state index contributed by atoms with van der Waals surface area (Å²) >= 11 is 0. The molecule has 1 aromatic carbocycles. The largest absolute Gasteiger partial charge is 0.467 e. The Bertz CT molecular complexity index is 686. The highest BCUT2D eigenvalue weighted by atomic mass is 16.7. The molecule has 0 spiro atoms. The van der Waals surface area contributed by atoms with Crippen LogP contribution in [0.25, 0.3) is 0 Å². The molecule has 7 nitrogen and oxygen atoms in total. The van der Waals surface area contributed by atoms with Gasteiger partial charge in [-0.3, -0.25) is 4.79 Å². The molecule has 1 aliphatic rings. The van der Waals surface area contributed by atoms with Crippen LogP contribution in [-0.2, 0) is 16.1 Å². The second-order valence-corrected chi connectivity index (χ2v) is 5.15. The summed E-state index contributed by atoms with van der Waals surface area (Å²) in [6.45, 7) is 0.378. The number of carbonyl (C=O) groups is 2. The Balaban J connectivity index is 1.61. The van der Waals surface area contributed by atoms with Gasteiger partial charge in [-0.2, -0.15) is 0 Å². The van der Waals surface area contributed by atoms with Gasteiger partial charge in [-0.05, 0) is 24.3 Å². The second kappa shape index (κ2) is 6.13. The summed E-state index contributed by atoms with van der Waals surface area (Å²) in [5.74, 6) is -2.27. The number of hydrogen-bond acceptors (Lipinski definition) is 5. The van der Waals surface area contributed by atoms with E-state index in [0.29, 0.717) is 11.4 Å². The van der Waals surface area contributed by atoms with Crippen molar-refractivity contribution in [1.82, 2.24) is 5.32 Å². The van der Waals surface area contributed by atoms with Crippen molar-refractivity contribution in [2.45, 2.75) is 18.8 Å². The predicted molar refractivity (Wildman–Crippen MR) is 80.4 cm³/mol. The number of alkyl carbamates (subject to hydrolysis) is 1. The number of hydrogen-bond donors (Lipinski definition) is 2. The van der Waals surface area contributed by atoms with E-state index in [9.17, 15) is 14.7 Å². The van der Waals surface area contributed by atoms with Crippen molar-refractivity contribution >= 4 is 17.7 Å². The van der Waals surface area contributed by atoms with E-state index in [1.165, 1.54) is 11.2 Å². The molecule has 1 saturated heterocycles. The first-order chi connectivity index (χ1) is 11.1. The lowest BCUT2D eigenvalue weighted by Crippen LogP contribution is -2.46. The third-order valence-corrected chi connectivity index (χ3v) is 3.57. The van der Waals surface area contributed by atoms with Gasteiger partial charge < -0.3 is 24.5 Å². The summed E-state index contributed by atoms with van der Waals surface area (Å²) in [5, 5.41) is 12.7. The van der Waals surface area contributed by atoms with Crippen molar-refractivity contribution in [3.05, 3.63) is 54.5 Å². The number of nitrogens with one attached hydrogen (secondary N) is 1. The molecule has 2 amide bonds. The molecule has 2 heterocycles. The van der Waals surface area contributed by atoms with Gasteiger partial charge in [0.15, 0.2) is 0 Å². The van der Waals surface area contributed by atoms with Crippen LogP contribution in [0.3, 0.4) is 0 Å². The van der Waals surface area contributed by atoms with Crippen LogP contribution in [0.2, 0.25) is 0 Å². The van der Waals surface area contributed by atoms with Gasteiger partial charge in [0.05, 0.1) is 12.8 Å². The number of anilines is 1. The van der Waals surface area contributed by atoms with Crippen molar-refractivity contribution in [2.24, 2.45) is 0 Å². The van der Waals surface area contributed by atoms with E-state index in [4.69, 9.17) is 9.15 Å². The first kappa shape index (κ1) is 15.1. The van der Waals surface area contributed by atoms with Crippen LogP contribution in [0.1, 0.15) is 12.2 Å². The average Bonchev–Trinajstić information content (AvgIpc) is 3.16. The zero-order valence-corrected chi connectivity index (χ0v) is 12.3. The molecule has 1 atom stereocenters. The predicted octanol–water partition coefficient (Wildman–Crippen LogP) is 1.63. The maximum atomic E-state index is 12.3. The standard InChI is InChI=1S/C16H16N2O5/c19-14-16(21,8-9-18(14)12-5-2-1-3-6-12)23-15(20)17-11-13-7-4-10-22-13/h1-7,10,21H,8-9,11H2,(H,17,20)/t16-/m0/s1. The minimum absolute atomic E-state index is 0.00883. The normalized spacial score (nSPS) is 20.6. The van der Waals surface area contributed by atoms with Gasteiger partial charge in [0, 0.05) is 18.7 Å². The van der Waals surface area contributed by atoms with Crippen LogP contribution in [0.4, 0.5) is 10.5 Å². The fourth-order valence-electron chi connectivity index (χ4n) is 2.39. The molecule has 7 heteroatoms. The zero-order valence-electron chi connectivity index (χ0n) is 12.3. The Morgan fingerprint density at radius 1 is 1.30 bits per heavy atom. The van der Waals surface area contributed by atoms with E-state index in [-0.39, 0.29) is 19.5 Å². The molecule has 23 heavy (non-hydrogen) atoms. The number of furan rings is 1. The van der Waals surface area contributed by atoms with E-state index in [1.54, 1.807) is 36.4 Å². The van der Waals surface area contributed by atoms with E-state index in [2.05, 4.69) is 5.32 Å². The Morgan fingerprint density at radius 2 is 2.09 bits per heavy atom. The molecule has 0 aliphatic carbocycles. The third-order valence-electron chi connectivity index (χ3n) is 3.57. The van der Waals surface area contributed by atoms with Crippen molar-refractivity contribution in [2.75, 3.05) is 11.4 Å². The van der Waals surface area contributed by atoms with Gasteiger partial charge in [0.2, 0.25) is 0 Å². The highest BCUT2D eigenvalue weighted by Gasteiger charge is 2.49. The molecule has 2 aromatic rings. The Kier molecular flexibility index (Phi) is 4.03. The lowest BCUT2D eigenvalue weighted by atomic mass is 10.2. The molecular formula is C16H16N2O5. The van der Waals surface area contributed by atoms with Crippen molar-refractivity contribution in [3.8, 4) is 0 Å². The maximum Gasteiger partial charge on any atom is 0.410 e. The number of nitrogens with zero attached hydrogens (tertiary/aromatic N) is 1. The topological polar surface area (TPSA) is 92.0 Å². The van der Waals surface area contributed by atoms with Crippen LogP contribution in [-0.4, -0.2) is 29.4 Å². The van der Waals surface area contributed by atoms with Gasteiger partial charge >= 0.3 is 6.09 Å². The van der Waals surface area contributed by atoms with Gasteiger partial charge in [-0.1, -0.05) is 18.2 Å². The van der Waals surface area contributed by atoms with Crippen LogP contribution < -0.4 is 10.2 Å². The van der Waals surface area contributed by atoms with Crippen LogP contribution in [0.5, 0.6) is 0 Å². The smallest absolute Gasteiger partial charge is 0.410 e. The molecule has 0 saturated carbocycles. The molecule has 1 aliphatic heterocycles. The number of benzene rings is 1. The number of rotatable bonds is 4. The summed E-state index contributed by atoms with van der Waals surface area (Å²) < 4.78 is 10.0. The highest BCUT2D eigenvalue weighted by molar-refractivity contribution is 6.01. The molecule has 1 aromatic heterocycles. The molecular weight excluding hydrogens is 300 g/mol.